The van der Waals surface area contributed by atoms with Gasteiger partial charge in [-0.1, -0.05) is 58.3 Å². The molecule has 5 heteroatoms. The third kappa shape index (κ3) is 9.32. The molecule has 0 saturated carbocycles. The van der Waals surface area contributed by atoms with Crippen molar-refractivity contribution in [3.8, 4) is 0 Å². The number of unbranched alkanes of at least 4 members (excludes halogenated alkanes) is 8. The van der Waals surface area contributed by atoms with Crippen LogP contribution in [0.1, 0.15) is 71.1 Å². The van der Waals surface area contributed by atoms with E-state index in [1.165, 1.54) is 44.9 Å². The van der Waals surface area contributed by atoms with E-state index in [1.807, 2.05) is 0 Å². The molecule has 1 rings (SSSR count). The van der Waals surface area contributed by atoms with Gasteiger partial charge in [0, 0.05) is 6.42 Å². The van der Waals surface area contributed by atoms with E-state index in [4.69, 9.17) is 9.47 Å². The lowest BCUT2D eigenvalue weighted by Gasteiger charge is -2.07. The van der Waals surface area contributed by atoms with Crippen LogP contribution in [0, 0.1) is 0 Å². The fourth-order valence-corrected chi connectivity index (χ4v) is 2.29. The Balaban J connectivity index is 1.84. The second-order valence-corrected chi connectivity index (χ2v) is 5.56. The quantitative estimate of drug-likeness (QED) is 0.403. The molecule has 0 N–H and O–H groups in total. The summed E-state index contributed by atoms with van der Waals surface area (Å²) in [6.45, 7) is 2.49. The lowest BCUT2D eigenvalue weighted by Crippen LogP contribution is -2.20. The Labute approximate surface area is 127 Å². The van der Waals surface area contributed by atoms with Crippen LogP contribution >= 0.6 is 0 Å². The minimum atomic E-state index is -0.685. The van der Waals surface area contributed by atoms with Crippen LogP contribution in [0.3, 0.4) is 0 Å². The maximum atomic E-state index is 11.5. The van der Waals surface area contributed by atoms with Crippen molar-refractivity contribution in [2.75, 3.05) is 13.2 Å². The monoisotopic (exact) mass is 300 g/mol. The molecule has 21 heavy (non-hydrogen) atoms. The molecular formula is C16H28O5. The van der Waals surface area contributed by atoms with Crippen LogP contribution < -0.4 is 0 Å². The molecule has 1 unspecified atom stereocenters. The van der Waals surface area contributed by atoms with Crippen molar-refractivity contribution in [2.24, 2.45) is 0 Å². The van der Waals surface area contributed by atoms with Crippen LogP contribution in [0.25, 0.3) is 0 Å². The Bertz CT molecular complexity index is 303. The third-order valence-corrected chi connectivity index (χ3v) is 3.56. The Morgan fingerprint density at radius 2 is 1.71 bits per heavy atom. The minimum absolute atomic E-state index is 0.0992. The van der Waals surface area contributed by atoms with Crippen molar-refractivity contribution >= 4 is 12.1 Å². The number of ether oxygens (including phenoxy) is 3. The highest BCUT2D eigenvalue weighted by atomic mass is 16.8. The molecule has 1 fully saturated rings. The standard InChI is InChI=1S/C16H28O5/c1-2-3-4-5-6-7-8-9-10-11-15(17)19-12-14-13-20-16(18)21-14/h14H,2-13H2,1H3. The largest absolute Gasteiger partial charge is 0.508 e. The lowest BCUT2D eigenvalue weighted by molar-refractivity contribution is -0.146. The molecule has 0 aromatic heterocycles. The van der Waals surface area contributed by atoms with Crippen LogP contribution in [0.2, 0.25) is 0 Å². The number of cyclic esters (lactones) is 2. The average Bonchev–Trinajstić information content (AvgIpc) is 2.89. The van der Waals surface area contributed by atoms with Gasteiger partial charge in [-0.15, -0.1) is 0 Å². The Morgan fingerprint density at radius 3 is 2.29 bits per heavy atom. The molecule has 1 aliphatic rings. The molecule has 5 nitrogen and oxygen atoms in total. The highest BCUT2D eigenvalue weighted by molar-refractivity contribution is 5.69. The summed E-state index contributed by atoms with van der Waals surface area (Å²) < 4.78 is 14.4. The molecule has 1 heterocycles. The van der Waals surface area contributed by atoms with Crippen LogP contribution in [0.4, 0.5) is 4.79 Å². The van der Waals surface area contributed by atoms with Gasteiger partial charge in [-0.3, -0.25) is 4.79 Å². The van der Waals surface area contributed by atoms with E-state index in [0.717, 1.165) is 12.8 Å². The molecule has 0 aromatic rings. The second kappa shape index (κ2) is 11.4. The summed E-state index contributed by atoms with van der Waals surface area (Å²) in [7, 11) is 0. The van der Waals surface area contributed by atoms with Gasteiger partial charge in [0.05, 0.1) is 0 Å². The number of esters is 1. The summed E-state index contributed by atoms with van der Waals surface area (Å²) in [6.07, 6.45) is 10.3. The van der Waals surface area contributed by atoms with Gasteiger partial charge in [0.15, 0.2) is 6.10 Å². The van der Waals surface area contributed by atoms with Gasteiger partial charge in [0.25, 0.3) is 0 Å². The van der Waals surface area contributed by atoms with Crippen molar-refractivity contribution in [1.29, 1.82) is 0 Å². The Morgan fingerprint density at radius 1 is 1.10 bits per heavy atom. The first-order valence-electron chi connectivity index (χ1n) is 8.21. The molecule has 1 saturated heterocycles. The number of hydrogen-bond acceptors (Lipinski definition) is 5. The second-order valence-electron chi connectivity index (χ2n) is 5.56. The predicted molar refractivity (Wildman–Crippen MR) is 79.0 cm³/mol. The average molecular weight is 300 g/mol. The van der Waals surface area contributed by atoms with Gasteiger partial charge in [-0.25, -0.2) is 4.79 Å². The van der Waals surface area contributed by atoms with Crippen LogP contribution in [0.5, 0.6) is 0 Å². The highest BCUT2D eigenvalue weighted by Crippen LogP contribution is 2.11. The zero-order valence-electron chi connectivity index (χ0n) is 13.1. The van der Waals surface area contributed by atoms with E-state index in [1.54, 1.807) is 0 Å². The minimum Gasteiger partial charge on any atom is -0.462 e. The summed E-state index contributed by atoms with van der Waals surface area (Å²) in [6, 6.07) is 0. The molecule has 1 atom stereocenters. The maximum Gasteiger partial charge on any atom is 0.508 e. The van der Waals surface area contributed by atoms with Gasteiger partial charge in [-0.05, 0) is 6.42 Å². The molecule has 0 aliphatic carbocycles. The fourth-order valence-electron chi connectivity index (χ4n) is 2.29. The summed E-state index contributed by atoms with van der Waals surface area (Å²) in [5.41, 5.74) is 0. The molecule has 0 spiro atoms. The van der Waals surface area contributed by atoms with Gasteiger partial charge >= 0.3 is 12.1 Å². The fraction of sp³-hybridized carbons (Fsp3) is 0.875. The summed E-state index contributed by atoms with van der Waals surface area (Å²) >= 11 is 0. The molecule has 0 amide bonds. The number of rotatable bonds is 12. The molecule has 1 aliphatic heterocycles. The van der Waals surface area contributed by atoms with Crippen molar-refractivity contribution in [3.05, 3.63) is 0 Å². The van der Waals surface area contributed by atoms with E-state index in [-0.39, 0.29) is 19.2 Å². The van der Waals surface area contributed by atoms with E-state index in [2.05, 4.69) is 11.7 Å². The lowest BCUT2D eigenvalue weighted by atomic mass is 10.1. The van der Waals surface area contributed by atoms with Crippen LogP contribution in [-0.4, -0.2) is 31.4 Å². The molecule has 0 aromatic carbocycles. The predicted octanol–water partition coefficient (Wildman–Crippen LogP) is 3.99. The molecule has 0 bridgehead atoms. The topological polar surface area (TPSA) is 61.8 Å². The zero-order valence-corrected chi connectivity index (χ0v) is 13.1. The summed E-state index contributed by atoms with van der Waals surface area (Å²) in [4.78, 5) is 22.2. The van der Waals surface area contributed by atoms with Gasteiger partial charge in [0.1, 0.15) is 13.2 Å². The summed E-state index contributed by atoms with van der Waals surface area (Å²) in [5, 5.41) is 0. The van der Waals surface area contributed by atoms with Crippen LogP contribution in [-0.2, 0) is 19.0 Å². The van der Waals surface area contributed by atoms with E-state index in [0.29, 0.717) is 6.42 Å². The third-order valence-electron chi connectivity index (χ3n) is 3.56. The van der Waals surface area contributed by atoms with Gasteiger partial charge in [0.2, 0.25) is 0 Å². The van der Waals surface area contributed by atoms with E-state index in [9.17, 15) is 9.59 Å². The first-order chi connectivity index (χ1) is 10.2. The zero-order chi connectivity index (χ0) is 15.3. The normalized spacial score (nSPS) is 17.4. The number of hydrogen-bond donors (Lipinski definition) is 0. The first kappa shape index (κ1) is 17.8. The van der Waals surface area contributed by atoms with Crippen molar-refractivity contribution in [2.45, 2.75) is 77.2 Å². The SMILES string of the molecule is CCCCCCCCCCCC(=O)OCC1COC(=O)O1. The first-order valence-corrected chi connectivity index (χ1v) is 8.21. The van der Waals surface area contributed by atoms with Crippen molar-refractivity contribution in [3.63, 3.8) is 0 Å². The molecule has 0 radical (unpaired) electrons. The van der Waals surface area contributed by atoms with Crippen LogP contribution in [0.15, 0.2) is 0 Å². The van der Waals surface area contributed by atoms with Gasteiger partial charge in [-0.2, -0.15) is 0 Å². The highest BCUT2D eigenvalue weighted by Gasteiger charge is 2.26. The Kier molecular flexibility index (Phi) is 9.66. The van der Waals surface area contributed by atoms with E-state index >= 15 is 0 Å². The van der Waals surface area contributed by atoms with Gasteiger partial charge < -0.3 is 14.2 Å². The van der Waals surface area contributed by atoms with Crippen molar-refractivity contribution in [1.82, 2.24) is 0 Å². The van der Waals surface area contributed by atoms with E-state index < -0.39 is 12.3 Å². The Hall–Kier alpha value is -1.26. The number of carbonyl (C=O) groups is 2. The summed E-state index contributed by atoms with van der Waals surface area (Å²) in [5.74, 6) is -0.221. The molecular weight excluding hydrogens is 272 g/mol. The maximum absolute atomic E-state index is 11.5. The number of carbonyl (C=O) groups excluding carboxylic acids is 2. The molecule has 122 valence electrons. The van der Waals surface area contributed by atoms with Crippen molar-refractivity contribution < 1.29 is 23.8 Å². The smallest absolute Gasteiger partial charge is 0.462 e.